The molecule has 0 bridgehead atoms. The van der Waals surface area contributed by atoms with Crippen molar-refractivity contribution < 1.29 is 18.7 Å². The van der Waals surface area contributed by atoms with Crippen LogP contribution in [0, 0.1) is 5.82 Å². The van der Waals surface area contributed by atoms with Crippen LogP contribution in [0.1, 0.15) is 51.0 Å². The molecule has 1 saturated heterocycles. The van der Waals surface area contributed by atoms with E-state index in [2.05, 4.69) is 17.1 Å². The summed E-state index contributed by atoms with van der Waals surface area (Å²) in [6.45, 7) is 6.63. The fourth-order valence-electron chi connectivity index (χ4n) is 4.66. The number of unbranched alkanes of at least 4 members (excludes halogenated alkanes) is 4. The van der Waals surface area contributed by atoms with E-state index in [0.717, 1.165) is 30.7 Å². The van der Waals surface area contributed by atoms with Crippen LogP contribution in [0.4, 0.5) is 14.9 Å². The highest BCUT2D eigenvalue weighted by atomic mass is 19.1. The van der Waals surface area contributed by atoms with Crippen LogP contribution in [-0.2, 0) is 4.79 Å². The smallest absolute Gasteiger partial charge is 0.322 e. The van der Waals surface area contributed by atoms with E-state index in [9.17, 15) is 14.0 Å². The average molecular weight is 539 g/mol. The minimum atomic E-state index is -0.445. The highest BCUT2D eigenvalue weighted by Gasteiger charge is 2.22. The zero-order valence-electron chi connectivity index (χ0n) is 23.4. The van der Waals surface area contributed by atoms with Crippen LogP contribution in [0.2, 0.25) is 0 Å². The predicted octanol–water partition coefficient (Wildman–Crippen LogP) is 5.89. The number of anilines is 1. The van der Waals surface area contributed by atoms with Gasteiger partial charge in [0.2, 0.25) is 5.91 Å². The first-order chi connectivity index (χ1) is 19.0. The lowest BCUT2D eigenvalue weighted by atomic mass is 10.1. The van der Waals surface area contributed by atoms with Gasteiger partial charge in [-0.3, -0.25) is 9.69 Å². The SMILES string of the molecule is CCCCCCCC(=O)N(CC=Cc1ccccc1OC)CCN1CCN(C(=O)Nc2ccccc2F)CC1. The fourth-order valence-corrected chi connectivity index (χ4v) is 4.66. The van der Waals surface area contributed by atoms with Crippen molar-refractivity contribution in [3.8, 4) is 5.75 Å². The monoisotopic (exact) mass is 538 g/mol. The van der Waals surface area contributed by atoms with Crippen molar-refractivity contribution in [3.63, 3.8) is 0 Å². The predicted molar refractivity (Wildman–Crippen MR) is 155 cm³/mol. The number of piperazine rings is 1. The first kappa shape index (κ1) is 30.2. The Labute approximate surface area is 232 Å². The Morgan fingerprint density at radius 1 is 1.00 bits per heavy atom. The molecule has 212 valence electrons. The van der Waals surface area contributed by atoms with Crippen LogP contribution in [0.15, 0.2) is 54.6 Å². The number of nitrogens with zero attached hydrogens (tertiary/aromatic N) is 3. The molecule has 1 N–H and O–H groups in total. The van der Waals surface area contributed by atoms with Crippen molar-refractivity contribution in [2.75, 3.05) is 58.2 Å². The molecule has 7 nitrogen and oxygen atoms in total. The number of methoxy groups -OCH3 is 1. The van der Waals surface area contributed by atoms with E-state index in [1.165, 1.54) is 25.3 Å². The summed E-state index contributed by atoms with van der Waals surface area (Å²) in [5, 5.41) is 2.66. The van der Waals surface area contributed by atoms with Crippen molar-refractivity contribution >= 4 is 23.7 Å². The third-order valence-corrected chi connectivity index (χ3v) is 7.07. The Hall–Kier alpha value is -3.39. The largest absolute Gasteiger partial charge is 0.496 e. The van der Waals surface area contributed by atoms with Crippen molar-refractivity contribution in [3.05, 3.63) is 66.0 Å². The molecule has 2 aromatic carbocycles. The van der Waals surface area contributed by atoms with Gasteiger partial charge in [0, 0.05) is 57.8 Å². The normalized spacial score (nSPS) is 14.0. The fraction of sp³-hybridized carbons (Fsp3) is 0.484. The van der Waals surface area contributed by atoms with Gasteiger partial charge in [0.15, 0.2) is 0 Å². The molecule has 1 fully saturated rings. The molecule has 1 aliphatic rings. The molecule has 0 unspecified atom stereocenters. The molecule has 0 saturated carbocycles. The van der Waals surface area contributed by atoms with E-state index in [1.807, 2.05) is 41.3 Å². The standard InChI is InChI=1S/C31H43FN4O3/c1-3-4-5-6-7-18-30(37)35(19-12-14-26-13-8-11-17-29(26)39-2)23-20-34-21-24-36(25-22-34)31(38)33-28-16-10-9-15-27(28)32/h8-17H,3-7,18-25H2,1-2H3,(H,33,38). The van der Waals surface area contributed by atoms with Crippen LogP contribution < -0.4 is 10.1 Å². The third-order valence-electron chi connectivity index (χ3n) is 7.07. The maximum Gasteiger partial charge on any atom is 0.322 e. The number of benzene rings is 2. The van der Waals surface area contributed by atoms with Crippen LogP contribution in [0.3, 0.4) is 0 Å². The van der Waals surface area contributed by atoms with Crippen LogP contribution in [0.25, 0.3) is 6.08 Å². The topological polar surface area (TPSA) is 65.1 Å². The highest BCUT2D eigenvalue weighted by molar-refractivity contribution is 5.89. The van der Waals surface area contributed by atoms with E-state index >= 15 is 0 Å². The maximum absolute atomic E-state index is 13.9. The number of ether oxygens (including phenoxy) is 1. The number of para-hydroxylation sites is 2. The summed E-state index contributed by atoms with van der Waals surface area (Å²) in [5.74, 6) is 0.540. The number of nitrogens with one attached hydrogen (secondary N) is 1. The van der Waals surface area contributed by atoms with Gasteiger partial charge in [-0.05, 0) is 24.6 Å². The first-order valence-electron chi connectivity index (χ1n) is 14.1. The molecule has 3 amide bonds. The minimum Gasteiger partial charge on any atom is -0.496 e. The van der Waals surface area contributed by atoms with Gasteiger partial charge in [0.1, 0.15) is 11.6 Å². The second-order valence-electron chi connectivity index (χ2n) is 9.89. The summed E-state index contributed by atoms with van der Waals surface area (Å²) in [6, 6.07) is 13.7. The van der Waals surface area contributed by atoms with Gasteiger partial charge >= 0.3 is 6.03 Å². The van der Waals surface area contributed by atoms with Crippen molar-refractivity contribution in [1.82, 2.24) is 14.7 Å². The Morgan fingerprint density at radius 3 is 2.46 bits per heavy atom. The number of carbonyl (C=O) groups excluding carboxylic acids is 2. The number of urea groups is 1. The Morgan fingerprint density at radius 2 is 1.72 bits per heavy atom. The molecule has 0 atom stereocenters. The first-order valence-corrected chi connectivity index (χ1v) is 14.1. The summed E-state index contributed by atoms with van der Waals surface area (Å²) in [4.78, 5) is 31.6. The summed E-state index contributed by atoms with van der Waals surface area (Å²) >= 11 is 0. The lowest BCUT2D eigenvalue weighted by Crippen LogP contribution is -2.51. The van der Waals surface area contributed by atoms with E-state index in [0.29, 0.717) is 45.7 Å². The zero-order chi connectivity index (χ0) is 27.9. The summed E-state index contributed by atoms with van der Waals surface area (Å²) in [5.41, 5.74) is 1.17. The van der Waals surface area contributed by atoms with E-state index in [4.69, 9.17) is 4.74 Å². The van der Waals surface area contributed by atoms with Crippen LogP contribution in [0.5, 0.6) is 5.75 Å². The van der Waals surface area contributed by atoms with Gasteiger partial charge in [-0.15, -0.1) is 0 Å². The minimum absolute atomic E-state index is 0.180. The molecule has 3 rings (SSSR count). The van der Waals surface area contributed by atoms with Gasteiger partial charge in [-0.25, -0.2) is 9.18 Å². The van der Waals surface area contributed by atoms with Crippen molar-refractivity contribution in [2.45, 2.75) is 45.4 Å². The lowest BCUT2D eigenvalue weighted by Gasteiger charge is -2.35. The van der Waals surface area contributed by atoms with Gasteiger partial charge in [-0.1, -0.05) is 75.1 Å². The number of hydrogen-bond donors (Lipinski definition) is 1. The molecule has 0 radical (unpaired) electrons. The Kier molecular flexibility index (Phi) is 12.8. The molecule has 0 aliphatic carbocycles. The summed E-state index contributed by atoms with van der Waals surface area (Å²) in [7, 11) is 1.66. The number of rotatable bonds is 14. The Balaban J connectivity index is 1.50. The highest BCUT2D eigenvalue weighted by Crippen LogP contribution is 2.19. The summed E-state index contributed by atoms with van der Waals surface area (Å²) in [6.07, 6.45) is 10.2. The van der Waals surface area contributed by atoms with Crippen molar-refractivity contribution in [2.24, 2.45) is 0 Å². The number of halogens is 1. The molecule has 0 aromatic heterocycles. The molecule has 0 spiro atoms. The molecule has 2 aromatic rings. The van der Waals surface area contributed by atoms with Crippen LogP contribution in [-0.4, -0.2) is 79.6 Å². The average Bonchev–Trinajstić information content (AvgIpc) is 2.96. The molecule has 39 heavy (non-hydrogen) atoms. The van der Waals surface area contributed by atoms with Gasteiger partial charge in [-0.2, -0.15) is 0 Å². The van der Waals surface area contributed by atoms with Gasteiger partial charge in [0.05, 0.1) is 12.8 Å². The Bertz CT molecular complexity index is 1070. The molecule has 1 heterocycles. The maximum atomic E-state index is 13.9. The summed E-state index contributed by atoms with van der Waals surface area (Å²) < 4.78 is 19.3. The molecular weight excluding hydrogens is 495 g/mol. The quantitative estimate of drug-likeness (QED) is 0.305. The van der Waals surface area contributed by atoms with Gasteiger partial charge in [0.25, 0.3) is 0 Å². The third kappa shape index (κ3) is 10.0. The number of hydrogen-bond acceptors (Lipinski definition) is 4. The molecule has 8 heteroatoms. The second kappa shape index (κ2) is 16.5. The number of carbonyl (C=O) groups is 2. The van der Waals surface area contributed by atoms with E-state index < -0.39 is 5.82 Å². The number of amides is 3. The van der Waals surface area contributed by atoms with Gasteiger partial charge < -0.3 is 19.9 Å². The van der Waals surface area contributed by atoms with E-state index in [1.54, 1.807) is 30.2 Å². The van der Waals surface area contributed by atoms with Crippen molar-refractivity contribution in [1.29, 1.82) is 0 Å². The second-order valence-corrected chi connectivity index (χ2v) is 9.89. The molecule has 1 aliphatic heterocycles. The van der Waals surface area contributed by atoms with Crippen LogP contribution >= 0.6 is 0 Å². The van der Waals surface area contributed by atoms with E-state index in [-0.39, 0.29) is 17.6 Å². The molecular formula is C31H43FN4O3. The lowest BCUT2D eigenvalue weighted by molar-refractivity contribution is -0.131. The zero-order valence-corrected chi connectivity index (χ0v) is 23.4.